The van der Waals surface area contributed by atoms with Crippen molar-refractivity contribution in [1.82, 2.24) is 0 Å². The summed E-state index contributed by atoms with van der Waals surface area (Å²) in [5, 5.41) is 0. The zero-order valence-electron chi connectivity index (χ0n) is 11.6. The first kappa shape index (κ1) is 14.1. The number of amides is 1. The number of nitrogen functional groups attached to an aromatic ring is 1. The number of para-hydroxylation sites is 2. The Labute approximate surface area is 117 Å². The number of carbonyl (C=O) groups excluding carboxylic acids is 1. The first-order valence-corrected chi connectivity index (χ1v) is 6.47. The molecule has 0 spiro atoms. The van der Waals surface area contributed by atoms with Crippen LogP contribution in [0.5, 0.6) is 0 Å². The number of carbonyl (C=O) groups is 1. The molecule has 104 valence electrons. The van der Waals surface area contributed by atoms with Crippen LogP contribution in [0.4, 0.5) is 15.8 Å². The lowest BCUT2D eigenvalue weighted by Gasteiger charge is -2.22. The maximum atomic E-state index is 13.9. The Morgan fingerprint density at radius 3 is 2.55 bits per heavy atom. The van der Waals surface area contributed by atoms with E-state index < -0.39 is 5.82 Å². The Morgan fingerprint density at radius 2 is 1.90 bits per heavy atom. The van der Waals surface area contributed by atoms with E-state index in [9.17, 15) is 9.18 Å². The highest BCUT2D eigenvalue weighted by atomic mass is 19.1. The third kappa shape index (κ3) is 2.50. The summed E-state index contributed by atoms with van der Waals surface area (Å²) in [6.07, 6.45) is 0. The Balaban J connectivity index is 2.45. The molecule has 0 aromatic heterocycles. The minimum atomic E-state index is -0.422. The van der Waals surface area contributed by atoms with Gasteiger partial charge >= 0.3 is 0 Å². The fraction of sp³-hybridized carbons (Fsp3) is 0.188. The molecule has 0 fully saturated rings. The van der Waals surface area contributed by atoms with E-state index in [-0.39, 0.29) is 11.6 Å². The third-order valence-electron chi connectivity index (χ3n) is 3.26. The van der Waals surface area contributed by atoms with Crippen LogP contribution in [0.25, 0.3) is 0 Å². The fourth-order valence-corrected chi connectivity index (χ4v) is 2.11. The number of hydrogen-bond donors (Lipinski definition) is 1. The first-order chi connectivity index (χ1) is 9.56. The van der Waals surface area contributed by atoms with E-state index >= 15 is 0 Å². The summed E-state index contributed by atoms with van der Waals surface area (Å²) in [6.45, 7) is 4.01. The maximum Gasteiger partial charge on any atom is 0.260 e. The Bertz CT molecular complexity index is 640. The molecular weight excluding hydrogens is 255 g/mol. The quantitative estimate of drug-likeness (QED) is 0.871. The SMILES string of the molecule is CCN(C(=O)c1cccc(C)c1N)c1ccccc1F. The topological polar surface area (TPSA) is 46.3 Å². The molecule has 0 aliphatic heterocycles. The predicted octanol–water partition coefficient (Wildman–Crippen LogP) is 3.38. The lowest BCUT2D eigenvalue weighted by Crippen LogP contribution is -2.32. The predicted molar refractivity (Wildman–Crippen MR) is 79.3 cm³/mol. The zero-order chi connectivity index (χ0) is 14.7. The standard InChI is InChI=1S/C16H17FN2O/c1-3-19(14-10-5-4-9-13(14)17)16(20)12-8-6-7-11(2)15(12)18/h4-10H,3,18H2,1-2H3. The van der Waals surface area contributed by atoms with Crippen molar-refractivity contribution in [3.05, 3.63) is 59.4 Å². The van der Waals surface area contributed by atoms with Crippen molar-refractivity contribution in [3.8, 4) is 0 Å². The summed E-state index contributed by atoms with van der Waals surface area (Å²) in [7, 11) is 0. The van der Waals surface area contributed by atoms with Crippen molar-refractivity contribution in [2.45, 2.75) is 13.8 Å². The Morgan fingerprint density at radius 1 is 1.20 bits per heavy atom. The molecule has 2 aromatic carbocycles. The van der Waals surface area contributed by atoms with Gasteiger partial charge in [-0.25, -0.2) is 4.39 Å². The van der Waals surface area contributed by atoms with Crippen molar-refractivity contribution in [1.29, 1.82) is 0 Å². The largest absolute Gasteiger partial charge is 0.398 e. The molecule has 0 saturated carbocycles. The summed E-state index contributed by atoms with van der Waals surface area (Å²) in [4.78, 5) is 14.0. The average Bonchev–Trinajstić information content (AvgIpc) is 2.44. The van der Waals surface area contributed by atoms with Crippen LogP contribution >= 0.6 is 0 Å². The van der Waals surface area contributed by atoms with E-state index in [0.29, 0.717) is 17.8 Å². The molecule has 3 nitrogen and oxygen atoms in total. The second kappa shape index (κ2) is 5.74. The summed E-state index contributed by atoms with van der Waals surface area (Å²) in [5.74, 6) is -0.715. The van der Waals surface area contributed by atoms with Gasteiger partial charge in [-0.05, 0) is 37.6 Å². The van der Waals surface area contributed by atoms with Crippen LogP contribution in [0.15, 0.2) is 42.5 Å². The normalized spacial score (nSPS) is 10.3. The number of aryl methyl sites for hydroxylation is 1. The molecule has 0 unspecified atom stereocenters. The fourth-order valence-electron chi connectivity index (χ4n) is 2.11. The molecule has 0 saturated heterocycles. The van der Waals surface area contributed by atoms with Crippen LogP contribution in [0.2, 0.25) is 0 Å². The lowest BCUT2D eigenvalue weighted by molar-refractivity contribution is 0.0988. The number of benzene rings is 2. The minimum absolute atomic E-state index is 0.265. The van der Waals surface area contributed by atoms with E-state index in [4.69, 9.17) is 5.73 Å². The molecule has 0 bridgehead atoms. The van der Waals surface area contributed by atoms with Gasteiger partial charge < -0.3 is 10.6 Å². The van der Waals surface area contributed by atoms with Crippen molar-refractivity contribution in [3.63, 3.8) is 0 Å². The van der Waals surface area contributed by atoms with Crippen LogP contribution in [-0.4, -0.2) is 12.5 Å². The van der Waals surface area contributed by atoms with Crippen LogP contribution in [0.3, 0.4) is 0 Å². The van der Waals surface area contributed by atoms with Gasteiger partial charge in [0.05, 0.1) is 11.3 Å². The molecule has 0 heterocycles. The second-order valence-corrected chi connectivity index (χ2v) is 4.54. The highest BCUT2D eigenvalue weighted by molar-refractivity contribution is 6.09. The van der Waals surface area contributed by atoms with Crippen LogP contribution in [0.1, 0.15) is 22.8 Å². The van der Waals surface area contributed by atoms with E-state index in [1.54, 1.807) is 37.3 Å². The summed E-state index contributed by atoms with van der Waals surface area (Å²) >= 11 is 0. The van der Waals surface area contributed by atoms with Gasteiger partial charge in [0.2, 0.25) is 0 Å². The van der Waals surface area contributed by atoms with Crippen molar-refractivity contribution >= 4 is 17.3 Å². The van der Waals surface area contributed by atoms with Gasteiger partial charge in [-0.3, -0.25) is 4.79 Å². The highest BCUT2D eigenvalue weighted by Gasteiger charge is 2.21. The maximum absolute atomic E-state index is 13.9. The number of hydrogen-bond acceptors (Lipinski definition) is 2. The highest BCUT2D eigenvalue weighted by Crippen LogP contribution is 2.24. The Kier molecular flexibility index (Phi) is 4.03. The summed E-state index contributed by atoms with van der Waals surface area (Å²) in [6, 6.07) is 11.5. The van der Waals surface area contributed by atoms with Gasteiger partial charge in [0.25, 0.3) is 5.91 Å². The van der Waals surface area contributed by atoms with Crippen LogP contribution in [-0.2, 0) is 0 Å². The van der Waals surface area contributed by atoms with Gasteiger partial charge in [-0.1, -0.05) is 24.3 Å². The van der Waals surface area contributed by atoms with Gasteiger partial charge in [0, 0.05) is 12.2 Å². The lowest BCUT2D eigenvalue weighted by atomic mass is 10.1. The van der Waals surface area contributed by atoms with Gasteiger partial charge in [0.15, 0.2) is 0 Å². The minimum Gasteiger partial charge on any atom is -0.398 e. The number of anilines is 2. The van der Waals surface area contributed by atoms with Crippen LogP contribution in [0, 0.1) is 12.7 Å². The number of halogens is 1. The first-order valence-electron chi connectivity index (χ1n) is 6.47. The molecule has 0 atom stereocenters. The van der Waals surface area contributed by atoms with Crippen molar-refractivity contribution < 1.29 is 9.18 Å². The molecule has 0 aliphatic carbocycles. The van der Waals surface area contributed by atoms with Gasteiger partial charge in [-0.2, -0.15) is 0 Å². The molecule has 2 N–H and O–H groups in total. The molecule has 2 rings (SSSR count). The van der Waals surface area contributed by atoms with Crippen LogP contribution < -0.4 is 10.6 Å². The Hall–Kier alpha value is -2.36. The smallest absolute Gasteiger partial charge is 0.260 e. The molecule has 20 heavy (non-hydrogen) atoms. The van der Waals surface area contributed by atoms with Gasteiger partial charge in [-0.15, -0.1) is 0 Å². The van der Waals surface area contributed by atoms with Crippen molar-refractivity contribution in [2.75, 3.05) is 17.2 Å². The molecular formula is C16H17FN2O. The van der Waals surface area contributed by atoms with E-state index in [1.165, 1.54) is 11.0 Å². The molecule has 2 aromatic rings. The number of nitrogens with two attached hydrogens (primary N) is 1. The summed E-state index contributed by atoms with van der Waals surface area (Å²) in [5.41, 5.74) is 7.88. The monoisotopic (exact) mass is 272 g/mol. The molecule has 0 radical (unpaired) electrons. The number of nitrogens with zero attached hydrogens (tertiary/aromatic N) is 1. The van der Waals surface area contributed by atoms with E-state index in [0.717, 1.165) is 5.56 Å². The van der Waals surface area contributed by atoms with E-state index in [1.807, 2.05) is 13.0 Å². The number of rotatable bonds is 3. The molecule has 1 amide bonds. The summed E-state index contributed by atoms with van der Waals surface area (Å²) < 4.78 is 13.9. The molecule has 0 aliphatic rings. The molecule has 4 heteroatoms. The van der Waals surface area contributed by atoms with Gasteiger partial charge in [0.1, 0.15) is 5.82 Å². The average molecular weight is 272 g/mol. The van der Waals surface area contributed by atoms with Crippen molar-refractivity contribution in [2.24, 2.45) is 0 Å². The van der Waals surface area contributed by atoms with E-state index in [2.05, 4.69) is 0 Å². The second-order valence-electron chi connectivity index (χ2n) is 4.54. The third-order valence-corrected chi connectivity index (χ3v) is 3.26. The zero-order valence-corrected chi connectivity index (χ0v) is 11.6.